The van der Waals surface area contributed by atoms with Gasteiger partial charge in [0.15, 0.2) is 0 Å². The first kappa shape index (κ1) is 15.1. The SMILES string of the molecule is CCN(C(=O)NCc1ccccc1C)c1cccc(C)c1. The van der Waals surface area contributed by atoms with E-state index in [-0.39, 0.29) is 6.03 Å². The van der Waals surface area contributed by atoms with Crippen LogP contribution in [0.25, 0.3) is 0 Å². The minimum atomic E-state index is -0.0636. The normalized spacial score (nSPS) is 10.2. The lowest BCUT2D eigenvalue weighted by Crippen LogP contribution is -2.39. The molecule has 3 nitrogen and oxygen atoms in total. The highest BCUT2D eigenvalue weighted by Crippen LogP contribution is 2.16. The highest BCUT2D eigenvalue weighted by molar-refractivity contribution is 5.91. The highest BCUT2D eigenvalue weighted by atomic mass is 16.2. The van der Waals surface area contributed by atoms with Crippen LogP contribution in [0.2, 0.25) is 0 Å². The van der Waals surface area contributed by atoms with Crippen molar-refractivity contribution in [2.24, 2.45) is 0 Å². The topological polar surface area (TPSA) is 32.3 Å². The Morgan fingerprint density at radius 2 is 1.86 bits per heavy atom. The lowest BCUT2D eigenvalue weighted by atomic mass is 10.1. The molecule has 0 aliphatic carbocycles. The van der Waals surface area contributed by atoms with Crippen molar-refractivity contribution in [3.05, 3.63) is 65.2 Å². The third kappa shape index (κ3) is 3.85. The molecule has 0 heterocycles. The molecule has 0 unspecified atom stereocenters. The molecule has 0 saturated carbocycles. The molecule has 0 aromatic heterocycles. The Balaban J connectivity index is 2.06. The van der Waals surface area contributed by atoms with Crippen LogP contribution in [-0.2, 0) is 6.54 Å². The van der Waals surface area contributed by atoms with Crippen LogP contribution < -0.4 is 10.2 Å². The summed E-state index contributed by atoms with van der Waals surface area (Å²) in [7, 11) is 0. The van der Waals surface area contributed by atoms with Crippen LogP contribution in [0.4, 0.5) is 10.5 Å². The minimum Gasteiger partial charge on any atom is -0.334 e. The first-order valence-corrected chi connectivity index (χ1v) is 7.28. The number of amides is 2. The standard InChI is InChI=1S/C18H22N2O/c1-4-20(17-11-7-8-14(2)12-17)18(21)19-13-16-10-6-5-9-15(16)3/h5-12H,4,13H2,1-3H3,(H,19,21). The van der Waals surface area contributed by atoms with E-state index in [1.165, 1.54) is 5.56 Å². The molecule has 0 aliphatic heterocycles. The molecular weight excluding hydrogens is 260 g/mol. The Bertz CT molecular complexity index is 622. The molecule has 2 aromatic carbocycles. The molecule has 0 saturated heterocycles. The number of rotatable bonds is 4. The molecule has 0 fully saturated rings. The third-order valence-corrected chi connectivity index (χ3v) is 3.57. The number of benzene rings is 2. The van der Waals surface area contributed by atoms with Gasteiger partial charge in [-0.05, 0) is 49.6 Å². The van der Waals surface area contributed by atoms with Crippen molar-refractivity contribution >= 4 is 11.7 Å². The maximum absolute atomic E-state index is 12.4. The van der Waals surface area contributed by atoms with Gasteiger partial charge in [0.25, 0.3) is 0 Å². The van der Waals surface area contributed by atoms with E-state index in [0.717, 1.165) is 16.8 Å². The second-order valence-electron chi connectivity index (χ2n) is 5.17. The van der Waals surface area contributed by atoms with Crippen LogP contribution in [0.15, 0.2) is 48.5 Å². The van der Waals surface area contributed by atoms with Crippen LogP contribution >= 0.6 is 0 Å². The number of hydrogen-bond acceptors (Lipinski definition) is 1. The fourth-order valence-corrected chi connectivity index (χ4v) is 2.31. The summed E-state index contributed by atoms with van der Waals surface area (Å²) in [5, 5.41) is 3.00. The molecule has 21 heavy (non-hydrogen) atoms. The Morgan fingerprint density at radius 3 is 2.52 bits per heavy atom. The summed E-state index contributed by atoms with van der Waals surface area (Å²) in [5.41, 5.74) is 4.42. The second kappa shape index (κ2) is 6.93. The average Bonchev–Trinajstić information content (AvgIpc) is 2.47. The molecule has 0 radical (unpaired) electrons. The first-order valence-electron chi connectivity index (χ1n) is 7.28. The van der Waals surface area contributed by atoms with Gasteiger partial charge >= 0.3 is 6.03 Å². The van der Waals surface area contributed by atoms with Crippen molar-refractivity contribution in [1.82, 2.24) is 5.32 Å². The van der Waals surface area contributed by atoms with Crippen LogP contribution in [0, 0.1) is 13.8 Å². The van der Waals surface area contributed by atoms with Crippen LogP contribution in [0.5, 0.6) is 0 Å². The van der Waals surface area contributed by atoms with Gasteiger partial charge in [0.1, 0.15) is 0 Å². The largest absolute Gasteiger partial charge is 0.334 e. The van der Waals surface area contributed by atoms with Crippen LogP contribution in [0.1, 0.15) is 23.6 Å². The maximum Gasteiger partial charge on any atom is 0.322 e. The monoisotopic (exact) mass is 282 g/mol. The molecule has 2 amide bonds. The van der Waals surface area contributed by atoms with Crippen LogP contribution in [-0.4, -0.2) is 12.6 Å². The summed E-state index contributed by atoms with van der Waals surface area (Å²) >= 11 is 0. The predicted octanol–water partition coefficient (Wildman–Crippen LogP) is 4.04. The van der Waals surface area contributed by atoms with Crippen molar-refractivity contribution in [3.8, 4) is 0 Å². The molecule has 0 spiro atoms. The van der Waals surface area contributed by atoms with E-state index in [2.05, 4.69) is 18.3 Å². The summed E-state index contributed by atoms with van der Waals surface area (Å²) in [6, 6.07) is 16.0. The third-order valence-electron chi connectivity index (χ3n) is 3.57. The van der Waals surface area contributed by atoms with Gasteiger partial charge in [-0.1, -0.05) is 36.4 Å². The van der Waals surface area contributed by atoms with E-state index in [1.54, 1.807) is 4.90 Å². The summed E-state index contributed by atoms with van der Waals surface area (Å²) in [5.74, 6) is 0. The van der Waals surface area contributed by atoms with Crippen LogP contribution in [0.3, 0.4) is 0 Å². The zero-order valence-corrected chi connectivity index (χ0v) is 12.9. The summed E-state index contributed by atoms with van der Waals surface area (Å²) in [6.07, 6.45) is 0. The Morgan fingerprint density at radius 1 is 1.10 bits per heavy atom. The van der Waals surface area contributed by atoms with Crippen molar-refractivity contribution in [3.63, 3.8) is 0 Å². The maximum atomic E-state index is 12.4. The minimum absolute atomic E-state index is 0.0636. The molecular formula is C18H22N2O. The van der Waals surface area contributed by atoms with Crippen molar-refractivity contribution < 1.29 is 4.79 Å². The smallest absolute Gasteiger partial charge is 0.322 e. The zero-order valence-electron chi connectivity index (χ0n) is 12.9. The summed E-state index contributed by atoms with van der Waals surface area (Å²) in [4.78, 5) is 14.1. The van der Waals surface area contributed by atoms with Gasteiger partial charge in [0, 0.05) is 18.8 Å². The molecule has 0 bridgehead atoms. The van der Waals surface area contributed by atoms with E-state index in [1.807, 2.05) is 56.3 Å². The Hall–Kier alpha value is -2.29. The number of carbonyl (C=O) groups excluding carboxylic acids is 1. The number of nitrogens with zero attached hydrogens (tertiary/aromatic N) is 1. The average molecular weight is 282 g/mol. The summed E-state index contributed by atoms with van der Waals surface area (Å²) < 4.78 is 0. The van der Waals surface area contributed by atoms with E-state index in [0.29, 0.717) is 13.1 Å². The first-order chi connectivity index (χ1) is 10.1. The van der Waals surface area contributed by atoms with Crippen molar-refractivity contribution in [2.45, 2.75) is 27.3 Å². The number of aryl methyl sites for hydroxylation is 2. The number of anilines is 1. The molecule has 2 aromatic rings. The van der Waals surface area contributed by atoms with Gasteiger partial charge in [-0.2, -0.15) is 0 Å². The van der Waals surface area contributed by atoms with E-state index in [4.69, 9.17) is 0 Å². The number of hydrogen-bond donors (Lipinski definition) is 1. The van der Waals surface area contributed by atoms with Gasteiger partial charge in [0.2, 0.25) is 0 Å². The molecule has 0 aliphatic rings. The Kier molecular flexibility index (Phi) is 4.99. The molecule has 2 rings (SSSR count). The fourth-order valence-electron chi connectivity index (χ4n) is 2.31. The van der Waals surface area contributed by atoms with Crippen molar-refractivity contribution in [1.29, 1.82) is 0 Å². The summed E-state index contributed by atoms with van der Waals surface area (Å²) in [6.45, 7) is 7.26. The number of urea groups is 1. The van der Waals surface area contributed by atoms with E-state index in [9.17, 15) is 4.79 Å². The molecule has 3 heteroatoms. The predicted molar refractivity (Wildman–Crippen MR) is 87.6 cm³/mol. The highest BCUT2D eigenvalue weighted by Gasteiger charge is 2.13. The second-order valence-corrected chi connectivity index (χ2v) is 5.17. The van der Waals surface area contributed by atoms with Gasteiger partial charge in [-0.25, -0.2) is 4.79 Å². The van der Waals surface area contributed by atoms with Gasteiger partial charge in [-0.3, -0.25) is 4.90 Å². The van der Waals surface area contributed by atoms with E-state index >= 15 is 0 Å². The Labute approximate surface area is 126 Å². The number of carbonyl (C=O) groups is 1. The lowest BCUT2D eigenvalue weighted by molar-refractivity contribution is 0.246. The zero-order chi connectivity index (χ0) is 15.2. The quantitative estimate of drug-likeness (QED) is 0.902. The van der Waals surface area contributed by atoms with Gasteiger partial charge < -0.3 is 5.32 Å². The van der Waals surface area contributed by atoms with Gasteiger partial charge in [-0.15, -0.1) is 0 Å². The lowest BCUT2D eigenvalue weighted by Gasteiger charge is -2.22. The van der Waals surface area contributed by atoms with E-state index < -0.39 is 0 Å². The van der Waals surface area contributed by atoms with Crippen molar-refractivity contribution in [2.75, 3.05) is 11.4 Å². The molecule has 1 N–H and O–H groups in total. The molecule has 0 atom stereocenters. The fraction of sp³-hybridized carbons (Fsp3) is 0.278. The number of nitrogens with one attached hydrogen (secondary N) is 1. The van der Waals surface area contributed by atoms with Gasteiger partial charge in [0.05, 0.1) is 0 Å². The molecule has 110 valence electrons.